The first-order chi connectivity index (χ1) is 2.00. The van der Waals surface area contributed by atoms with Crippen LogP contribution < -0.4 is 5.09 Å². The molecule has 1 unspecified atom stereocenters. The van der Waals surface area contributed by atoms with Crippen molar-refractivity contribution in [1.82, 2.24) is 5.09 Å². The molecule has 1 nitrogen and oxygen atoms in total. The van der Waals surface area contributed by atoms with Crippen molar-refractivity contribution in [2.75, 3.05) is 12.7 Å². The Labute approximate surface area is 27.6 Å². The molecule has 1 heterocycles. The first-order valence-corrected chi connectivity index (χ1v) is 2.66. The SMILES string of the molecule is C1CPN1. The van der Waals surface area contributed by atoms with E-state index in [2.05, 4.69) is 5.09 Å². The first kappa shape index (κ1) is 2.62. The molecule has 24 valence electrons. The third-order valence-corrected chi connectivity index (χ3v) is 1.50. The second kappa shape index (κ2) is 1.00. The molecule has 0 aliphatic carbocycles. The van der Waals surface area contributed by atoms with Crippen LogP contribution >= 0.6 is 8.73 Å². The summed E-state index contributed by atoms with van der Waals surface area (Å²) < 4.78 is 0. The molecule has 0 amide bonds. The van der Waals surface area contributed by atoms with Gasteiger partial charge in [0.15, 0.2) is 0 Å². The zero-order chi connectivity index (χ0) is 2.83. The van der Waals surface area contributed by atoms with Gasteiger partial charge in [0, 0.05) is 6.54 Å². The van der Waals surface area contributed by atoms with Crippen LogP contribution in [0.1, 0.15) is 0 Å². The van der Waals surface area contributed by atoms with Crippen LogP contribution in [0.25, 0.3) is 0 Å². The third-order valence-electron chi connectivity index (χ3n) is 0.500. The zero-order valence-corrected chi connectivity index (χ0v) is 3.41. The molecule has 4 heavy (non-hydrogen) atoms. The number of hydrogen-bond donors (Lipinski definition) is 1. The van der Waals surface area contributed by atoms with Gasteiger partial charge in [-0.2, -0.15) is 0 Å². The molecule has 1 N–H and O–H groups in total. The Balaban J connectivity index is 2.00. The third kappa shape index (κ3) is 0.240. The van der Waals surface area contributed by atoms with E-state index in [0.29, 0.717) is 0 Å². The summed E-state index contributed by atoms with van der Waals surface area (Å²) in [5.41, 5.74) is 0. The Bertz CT molecular complexity index is 14.0. The lowest BCUT2D eigenvalue weighted by Crippen LogP contribution is -2.17. The summed E-state index contributed by atoms with van der Waals surface area (Å²) >= 11 is 0. The predicted molar refractivity (Wildman–Crippen MR) is 21.2 cm³/mol. The summed E-state index contributed by atoms with van der Waals surface area (Å²) in [6.07, 6.45) is 1.42. The molecule has 1 saturated heterocycles. The van der Waals surface area contributed by atoms with Crippen LogP contribution in [0.5, 0.6) is 0 Å². The highest BCUT2D eigenvalue weighted by molar-refractivity contribution is 7.37. The van der Waals surface area contributed by atoms with Crippen LogP contribution in [0.15, 0.2) is 0 Å². The van der Waals surface area contributed by atoms with Gasteiger partial charge in [-0.1, -0.05) is 8.73 Å². The van der Waals surface area contributed by atoms with E-state index >= 15 is 0 Å². The van der Waals surface area contributed by atoms with Crippen molar-refractivity contribution in [3.8, 4) is 0 Å². The summed E-state index contributed by atoms with van der Waals surface area (Å²) in [7, 11) is 1.07. The minimum absolute atomic E-state index is 1.07. The summed E-state index contributed by atoms with van der Waals surface area (Å²) in [6.45, 7) is 1.26. The Kier molecular flexibility index (Phi) is 0.658. The van der Waals surface area contributed by atoms with Gasteiger partial charge in [0.05, 0.1) is 0 Å². The van der Waals surface area contributed by atoms with Gasteiger partial charge in [-0.3, -0.25) is 5.09 Å². The van der Waals surface area contributed by atoms with Crippen molar-refractivity contribution >= 4 is 8.73 Å². The summed E-state index contributed by atoms with van der Waals surface area (Å²) in [5, 5.41) is 3.14. The summed E-state index contributed by atoms with van der Waals surface area (Å²) in [4.78, 5) is 0. The molecular formula is C2H6NP. The first-order valence-electron chi connectivity index (χ1n) is 1.46. The van der Waals surface area contributed by atoms with E-state index < -0.39 is 0 Å². The predicted octanol–water partition coefficient (Wildman–Crippen LogP) is 0.183. The van der Waals surface area contributed by atoms with Crippen LogP contribution in [0, 0.1) is 0 Å². The maximum absolute atomic E-state index is 3.14. The van der Waals surface area contributed by atoms with E-state index in [-0.39, 0.29) is 0 Å². The molecule has 0 aromatic heterocycles. The molecule has 0 spiro atoms. The molecular weight excluding hydrogens is 69.0 g/mol. The second-order valence-corrected chi connectivity index (χ2v) is 2.06. The highest BCUT2D eigenvalue weighted by Crippen LogP contribution is 2.08. The summed E-state index contributed by atoms with van der Waals surface area (Å²) in [6, 6.07) is 0. The average molecular weight is 75.1 g/mol. The largest absolute Gasteiger partial charge is 0.298 e. The van der Waals surface area contributed by atoms with E-state index in [1.165, 1.54) is 12.7 Å². The van der Waals surface area contributed by atoms with Crippen molar-refractivity contribution in [1.29, 1.82) is 0 Å². The fourth-order valence-electron chi connectivity index (χ4n) is 0.125. The molecule has 0 saturated carbocycles. The molecule has 1 aliphatic heterocycles. The smallest absolute Gasteiger partial charge is 0.00367 e. The minimum atomic E-state index is 1.07. The Morgan fingerprint density at radius 1 is 1.75 bits per heavy atom. The molecule has 1 atom stereocenters. The van der Waals surface area contributed by atoms with E-state index in [9.17, 15) is 0 Å². The standard InChI is InChI=1S/C2H6NP/c1-2-4-3-1/h3-4H,1-2H2. The number of nitrogens with one attached hydrogen (secondary N) is 1. The van der Waals surface area contributed by atoms with E-state index in [1.54, 1.807) is 0 Å². The highest BCUT2D eigenvalue weighted by Gasteiger charge is 1.92. The minimum Gasteiger partial charge on any atom is -0.298 e. The van der Waals surface area contributed by atoms with Crippen LogP contribution in [0.2, 0.25) is 0 Å². The topological polar surface area (TPSA) is 12.0 Å². The Morgan fingerprint density at radius 3 is 2.00 bits per heavy atom. The van der Waals surface area contributed by atoms with Gasteiger partial charge in [0.25, 0.3) is 0 Å². The highest BCUT2D eigenvalue weighted by atomic mass is 31.1. The van der Waals surface area contributed by atoms with Gasteiger partial charge in [0.2, 0.25) is 0 Å². The van der Waals surface area contributed by atoms with Gasteiger partial charge in [-0.15, -0.1) is 0 Å². The monoisotopic (exact) mass is 75.0 g/mol. The Hall–Kier alpha value is 0.390. The normalized spacial score (nSPS) is 30.0. The van der Waals surface area contributed by atoms with Crippen molar-refractivity contribution in [2.45, 2.75) is 0 Å². The average Bonchev–Trinajstić information content (AvgIpc) is 0.722. The van der Waals surface area contributed by atoms with Crippen LogP contribution in [0.3, 0.4) is 0 Å². The lowest BCUT2D eigenvalue weighted by molar-refractivity contribution is 0.958. The van der Waals surface area contributed by atoms with E-state index in [4.69, 9.17) is 0 Å². The number of rotatable bonds is 0. The fourth-order valence-corrected chi connectivity index (χ4v) is 0.375. The lowest BCUT2D eigenvalue weighted by atomic mass is 10.8. The van der Waals surface area contributed by atoms with Crippen molar-refractivity contribution < 1.29 is 0 Å². The maximum Gasteiger partial charge on any atom is 0.00367 e. The van der Waals surface area contributed by atoms with Crippen molar-refractivity contribution in [3.63, 3.8) is 0 Å². The van der Waals surface area contributed by atoms with Gasteiger partial charge >= 0.3 is 0 Å². The van der Waals surface area contributed by atoms with E-state index in [1.807, 2.05) is 0 Å². The molecule has 1 aliphatic rings. The zero-order valence-electron chi connectivity index (χ0n) is 2.41. The molecule has 2 heteroatoms. The second-order valence-electron chi connectivity index (χ2n) is 0.854. The maximum atomic E-state index is 3.14. The molecule has 0 radical (unpaired) electrons. The van der Waals surface area contributed by atoms with Crippen molar-refractivity contribution in [2.24, 2.45) is 0 Å². The van der Waals surface area contributed by atoms with Gasteiger partial charge in [0.1, 0.15) is 0 Å². The lowest BCUT2D eigenvalue weighted by Gasteiger charge is -2.09. The molecule has 0 aromatic rings. The molecule has 0 aromatic carbocycles. The number of hydrogen-bond acceptors (Lipinski definition) is 1. The van der Waals surface area contributed by atoms with E-state index in [0.717, 1.165) is 8.73 Å². The quantitative estimate of drug-likeness (QED) is 0.405. The Morgan fingerprint density at radius 2 is 2.00 bits per heavy atom. The van der Waals surface area contributed by atoms with Gasteiger partial charge in [-0.25, -0.2) is 0 Å². The molecule has 1 fully saturated rings. The molecule has 1 rings (SSSR count). The fraction of sp³-hybridized carbons (Fsp3) is 1.00. The molecule has 0 bridgehead atoms. The van der Waals surface area contributed by atoms with Crippen molar-refractivity contribution in [3.05, 3.63) is 0 Å². The van der Waals surface area contributed by atoms with Gasteiger partial charge < -0.3 is 0 Å². The van der Waals surface area contributed by atoms with Gasteiger partial charge in [-0.05, 0) is 6.16 Å². The van der Waals surface area contributed by atoms with Crippen LogP contribution in [-0.2, 0) is 0 Å². The summed E-state index contributed by atoms with van der Waals surface area (Å²) in [5.74, 6) is 0. The van der Waals surface area contributed by atoms with Crippen LogP contribution in [0.4, 0.5) is 0 Å². The van der Waals surface area contributed by atoms with Crippen LogP contribution in [-0.4, -0.2) is 12.7 Å².